The summed E-state index contributed by atoms with van der Waals surface area (Å²) in [7, 11) is 1.90. The van der Waals surface area contributed by atoms with E-state index in [4.69, 9.17) is 0 Å². The highest BCUT2D eigenvalue weighted by Crippen LogP contribution is 2.16. The summed E-state index contributed by atoms with van der Waals surface area (Å²) < 4.78 is 3.84. The number of nitrogens with one attached hydrogen (secondary N) is 1. The molecule has 1 unspecified atom stereocenters. The van der Waals surface area contributed by atoms with Crippen LogP contribution in [-0.2, 0) is 11.8 Å². The van der Waals surface area contributed by atoms with E-state index in [2.05, 4.69) is 34.3 Å². The maximum absolute atomic E-state index is 12.0. The molecule has 8 heteroatoms. The summed E-state index contributed by atoms with van der Waals surface area (Å²) in [5.74, 6) is 1.04. The minimum Gasteiger partial charge on any atom is -0.346 e. The molecule has 2 aromatic heterocycles. The Hall–Kier alpha value is -1.83. The minimum absolute atomic E-state index is 0.0474. The zero-order valence-corrected chi connectivity index (χ0v) is 13.5. The molecular weight excluding hydrogens is 288 g/mol. The summed E-state index contributed by atoms with van der Waals surface area (Å²) in [6.45, 7) is 6.02. The van der Waals surface area contributed by atoms with Crippen LogP contribution in [0.1, 0.15) is 38.7 Å². The van der Waals surface area contributed by atoms with Gasteiger partial charge in [-0.3, -0.25) is 4.79 Å². The molecule has 0 saturated carbocycles. The number of carbonyl (C=O) groups is 1. The minimum atomic E-state index is -0.177. The number of hydrogen-bond donors (Lipinski definition) is 1. The number of carbonyl (C=O) groups excluding carboxylic acids is 1. The maximum atomic E-state index is 12.0. The monoisotopic (exact) mass is 308 g/mol. The fraction of sp³-hybridized carbons (Fsp3) is 0.538. The van der Waals surface area contributed by atoms with Crippen LogP contribution in [0.25, 0.3) is 0 Å². The molecule has 0 aliphatic carbocycles. The van der Waals surface area contributed by atoms with Crippen LogP contribution in [0.2, 0.25) is 0 Å². The van der Waals surface area contributed by atoms with Gasteiger partial charge in [-0.05, 0) is 20.8 Å². The molecule has 1 atom stereocenters. The van der Waals surface area contributed by atoms with Crippen molar-refractivity contribution >= 4 is 17.7 Å². The second kappa shape index (κ2) is 6.75. The summed E-state index contributed by atoms with van der Waals surface area (Å²) in [5.41, 5.74) is 0. The highest BCUT2D eigenvalue weighted by molar-refractivity contribution is 7.99. The Bertz CT molecular complexity index is 605. The summed E-state index contributed by atoms with van der Waals surface area (Å²) in [6, 6.07) is 0.0840. The van der Waals surface area contributed by atoms with Crippen LogP contribution < -0.4 is 5.32 Å². The molecule has 114 valence electrons. The molecule has 0 aromatic carbocycles. The molecular formula is C13H20N6OS. The van der Waals surface area contributed by atoms with E-state index in [-0.39, 0.29) is 18.0 Å². The molecule has 0 spiro atoms. The van der Waals surface area contributed by atoms with Gasteiger partial charge in [0.15, 0.2) is 11.0 Å². The molecule has 0 saturated heterocycles. The van der Waals surface area contributed by atoms with Crippen molar-refractivity contribution < 1.29 is 4.79 Å². The first-order valence-electron chi connectivity index (χ1n) is 6.78. The molecule has 1 amide bonds. The summed E-state index contributed by atoms with van der Waals surface area (Å²) >= 11 is 1.41. The summed E-state index contributed by atoms with van der Waals surface area (Å²) in [6.07, 6.45) is 5.26. The molecule has 21 heavy (non-hydrogen) atoms. The predicted molar refractivity (Wildman–Crippen MR) is 80.9 cm³/mol. The quantitative estimate of drug-likeness (QED) is 0.820. The molecule has 0 aliphatic rings. The van der Waals surface area contributed by atoms with E-state index < -0.39 is 0 Å². The Morgan fingerprint density at radius 3 is 2.81 bits per heavy atom. The topological polar surface area (TPSA) is 77.6 Å². The van der Waals surface area contributed by atoms with Gasteiger partial charge in [0, 0.05) is 25.5 Å². The normalized spacial score (nSPS) is 12.6. The number of imidazole rings is 1. The summed E-state index contributed by atoms with van der Waals surface area (Å²) in [4.78, 5) is 16.2. The van der Waals surface area contributed by atoms with E-state index in [9.17, 15) is 4.79 Å². The number of aromatic nitrogens is 5. The fourth-order valence-corrected chi connectivity index (χ4v) is 2.67. The van der Waals surface area contributed by atoms with Crippen molar-refractivity contribution in [3.05, 3.63) is 24.5 Å². The lowest BCUT2D eigenvalue weighted by molar-refractivity contribution is -0.119. The predicted octanol–water partition coefficient (Wildman–Crippen LogP) is 1.56. The number of nitrogens with zero attached hydrogens (tertiary/aromatic N) is 5. The first-order chi connectivity index (χ1) is 9.99. The molecule has 2 heterocycles. The smallest absolute Gasteiger partial charge is 0.231 e. The van der Waals surface area contributed by atoms with Gasteiger partial charge in [-0.25, -0.2) is 4.98 Å². The SMILES string of the molecule is CC(NC(=O)CSc1nccn1C)c1nncn1C(C)C. The van der Waals surface area contributed by atoms with E-state index in [1.54, 1.807) is 12.5 Å². The van der Waals surface area contributed by atoms with Gasteiger partial charge in [0.2, 0.25) is 5.91 Å². The Morgan fingerprint density at radius 2 is 2.19 bits per heavy atom. The van der Waals surface area contributed by atoms with Gasteiger partial charge in [-0.2, -0.15) is 0 Å². The van der Waals surface area contributed by atoms with Crippen molar-refractivity contribution in [2.24, 2.45) is 7.05 Å². The van der Waals surface area contributed by atoms with Crippen LogP contribution in [0.3, 0.4) is 0 Å². The molecule has 2 rings (SSSR count). The Labute approximate surface area is 128 Å². The number of thioether (sulfide) groups is 1. The van der Waals surface area contributed by atoms with Crippen LogP contribution in [0.15, 0.2) is 23.9 Å². The number of rotatable bonds is 6. The third kappa shape index (κ3) is 3.84. The maximum Gasteiger partial charge on any atom is 0.231 e. The molecule has 0 fully saturated rings. The van der Waals surface area contributed by atoms with Gasteiger partial charge in [-0.1, -0.05) is 11.8 Å². The second-order valence-corrected chi connectivity index (χ2v) is 6.03. The zero-order valence-electron chi connectivity index (χ0n) is 12.6. The van der Waals surface area contributed by atoms with E-state index in [1.807, 2.05) is 29.3 Å². The highest BCUT2D eigenvalue weighted by Gasteiger charge is 2.17. The van der Waals surface area contributed by atoms with Crippen molar-refractivity contribution in [3.8, 4) is 0 Å². The lowest BCUT2D eigenvalue weighted by Crippen LogP contribution is -2.30. The lowest BCUT2D eigenvalue weighted by Gasteiger charge is -2.16. The van der Waals surface area contributed by atoms with E-state index in [0.717, 1.165) is 11.0 Å². The van der Waals surface area contributed by atoms with Gasteiger partial charge in [0.1, 0.15) is 6.33 Å². The average Bonchev–Trinajstić information content (AvgIpc) is 3.04. The van der Waals surface area contributed by atoms with Crippen molar-refractivity contribution in [1.29, 1.82) is 0 Å². The van der Waals surface area contributed by atoms with Crippen molar-refractivity contribution in [3.63, 3.8) is 0 Å². The zero-order chi connectivity index (χ0) is 15.4. The van der Waals surface area contributed by atoms with E-state index >= 15 is 0 Å². The van der Waals surface area contributed by atoms with Crippen LogP contribution >= 0.6 is 11.8 Å². The number of aryl methyl sites for hydroxylation is 1. The van der Waals surface area contributed by atoms with E-state index in [1.165, 1.54) is 11.8 Å². The van der Waals surface area contributed by atoms with Gasteiger partial charge < -0.3 is 14.5 Å². The molecule has 1 N–H and O–H groups in total. The van der Waals surface area contributed by atoms with Crippen LogP contribution in [0.4, 0.5) is 0 Å². The lowest BCUT2D eigenvalue weighted by atomic mass is 10.3. The first kappa shape index (κ1) is 15.6. The largest absolute Gasteiger partial charge is 0.346 e. The number of amides is 1. The second-order valence-electron chi connectivity index (χ2n) is 5.09. The fourth-order valence-electron chi connectivity index (χ4n) is 1.93. The van der Waals surface area contributed by atoms with Gasteiger partial charge in [0.25, 0.3) is 0 Å². The Balaban J connectivity index is 1.90. The van der Waals surface area contributed by atoms with Gasteiger partial charge >= 0.3 is 0 Å². The average molecular weight is 308 g/mol. The van der Waals surface area contributed by atoms with Crippen molar-refractivity contribution in [1.82, 2.24) is 29.6 Å². The van der Waals surface area contributed by atoms with Crippen molar-refractivity contribution in [2.45, 2.75) is 38.0 Å². The molecule has 0 radical (unpaired) electrons. The standard InChI is InChI=1S/C13H20N6OS/c1-9(2)19-8-15-17-12(19)10(3)16-11(20)7-21-13-14-5-6-18(13)4/h5-6,8-10H,7H2,1-4H3,(H,16,20). The van der Waals surface area contributed by atoms with Gasteiger partial charge in [-0.15, -0.1) is 10.2 Å². The first-order valence-corrected chi connectivity index (χ1v) is 7.76. The van der Waals surface area contributed by atoms with E-state index in [0.29, 0.717) is 5.75 Å². The van der Waals surface area contributed by atoms with Gasteiger partial charge in [0.05, 0.1) is 11.8 Å². The molecule has 0 bridgehead atoms. The molecule has 2 aromatic rings. The summed E-state index contributed by atoms with van der Waals surface area (Å²) in [5, 5.41) is 11.8. The van der Waals surface area contributed by atoms with Crippen LogP contribution in [0.5, 0.6) is 0 Å². The van der Waals surface area contributed by atoms with Crippen molar-refractivity contribution in [2.75, 3.05) is 5.75 Å². The highest BCUT2D eigenvalue weighted by atomic mass is 32.2. The number of hydrogen-bond acceptors (Lipinski definition) is 5. The Morgan fingerprint density at radius 1 is 1.43 bits per heavy atom. The molecule has 7 nitrogen and oxygen atoms in total. The third-order valence-electron chi connectivity index (χ3n) is 3.03. The van der Waals surface area contributed by atoms with Crippen LogP contribution in [0, 0.1) is 0 Å². The molecule has 0 aliphatic heterocycles. The third-order valence-corrected chi connectivity index (χ3v) is 4.09. The Kier molecular flexibility index (Phi) is 5.00. The van der Waals surface area contributed by atoms with Crippen LogP contribution in [-0.4, -0.2) is 36.0 Å².